The quantitative estimate of drug-likeness (QED) is 0.165. The van der Waals surface area contributed by atoms with Gasteiger partial charge < -0.3 is 13.9 Å². The molecule has 0 atom stereocenters. The Morgan fingerprint density at radius 2 is 1.04 bits per heavy atom. The van der Waals surface area contributed by atoms with Crippen LogP contribution in [0.5, 0.6) is 0 Å². The summed E-state index contributed by atoms with van der Waals surface area (Å²) in [5, 5.41) is 12.0. The highest BCUT2D eigenvalue weighted by atomic mass is 16.3. The van der Waals surface area contributed by atoms with E-state index in [9.17, 15) is 0 Å². The molecule has 12 aromatic rings. The second-order valence-corrected chi connectivity index (χ2v) is 14.9. The van der Waals surface area contributed by atoms with Gasteiger partial charge in [-0.25, -0.2) is 0 Å². The molecule has 10 aromatic carbocycles. The van der Waals surface area contributed by atoms with Gasteiger partial charge in [0.15, 0.2) is 0 Å². The van der Waals surface area contributed by atoms with Crippen molar-refractivity contribution in [1.82, 2.24) is 4.57 Å². The highest BCUT2D eigenvalue weighted by molar-refractivity contribution is 6.21. The molecule has 3 heteroatoms. The highest BCUT2D eigenvalue weighted by Crippen LogP contribution is 2.44. The summed E-state index contributed by atoms with van der Waals surface area (Å²) >= 11 is 0. The zero-order valence-electron chi connectivity index (χ0n) is 30.9. The van der Waals surface area contributed by atoms with Crippen LogP contribution in [0.25, 0.3) is 92.9 Å². The molecule has 57 heavy (non-hydrogen) atoms. The van der Waals surface area contributed by atoms with E-state index in [1.54, 1.807) is 0 Å². The predicted molar refractivity (Wildman–Crippen MR) is 241 cm³/mol. The lowest BCUT2D eigenvalue weighted by Crippen LogP contribution is -2.09. The summed E-state index contributed by atoms with van der Waals surface area (Å²) < 4.78 is 9.16. The standard InChI is InChI=1S/C54H34N2O/c1-3-13-39(14-4-1)55(42-27-24-36-23-22-35-12-7-8-17-43(35)48(36)34-42)41-28-29-44-37(32-41)26-31-52-53(44)47-20-11-19-45(54(47)57-52)38-25-30-51-49(33-38)46-18-9-10-21-50(46)56(51)40-15-5-2-6-16-40/h1-34H. The van der Waals surface area contributed by atoms with Gasteiger partial charge in [-0.05, 0) is 111 Å². The molecule has 0 fully saturated rings. The maximum Gasteiger partial charge on any atom is 0.143 e. The Kier molecular flexibility index (Phi) is 6.93. The second kappa shape index (κ2) is 12.5. The lowest BCUT2D eigenvalue weighted by molar-refractivity contribution is 0.670. The van der Waals surface area contributed by atoms with Gasteiger partial charge in [0.2, 0.25) is 0 Å². The van der Waals surface area contributed by atoms with Crippen molar-refractivity contribution < 1.29 is 4.42 Å². The normalized spacial score (nSPS) is 11.9. The second-order valence-electron chi connectivity index (χ2n) is 14.9. The molecule has 0 bridgehead atoms. The molecule has 3 nitrogen and oxygen atoms in total. The minimum Gasteiger partial charge on any atom is -0.455 e. The van der Waals surface area contributed by atoms with Crippen molar-refractivity contribution >= 4 is 93.1 Å². The fourth-order valence-electron chi connectivity index (χ4n) is 9.13. The molecule has 0 aliphatic rings. The van der Waals surface area contributed by atoms with Gasteiger partial charge in [-0.15, -0.1) is 0 Å². The molecule has 266 valence electrons. The monoisotopic (exact) mass is 726 g/mol. The fraction of sp³-hybridized carbons (Fsp3) is 0. The van der Waals surface area contributed by atoms with Crippen molar-refractivity contribution in [3.05, 3.63) is 206 Å². The summed E-state index contributed by atoms with van der Waals surface area (Å²) in [6, 6.07) is 74.4. The molecular formula is C54H34N2O. The van der Waals surface area contributed by atoms with Gasteiger partial charge in [0.1, 0.15) is 11.2 Å². The maximum atomic E-state index is 6.80. The molecule has 0 aliphatic carbocycles. The Labute approximate surface area is 328 Å². The molecular weight excluding hydrogens is 693 g/mol. The van der Waals surface area contributed by atoms with Crippen molar-refractivity contribution in [3.8, 4) is 16.8 Å². The van der Waals surface area contributed by atoms with Gasteiger partial charge in [0.25, 0.3) is 0 Å². The third-order valence-electron chi connectivity index (χ3n) is 11.7. The zero-order valence-corrected chi connectivity index (χ0v) is 30.9. The Morgan fingerprint density at radius 1 is 0.368 bits per heavy atom. The number of anilines is 3. The first-order chi connectivity index (χ1) is 28.3. The number of hydrogen-bond acceptors (Lipinski definition) is 2. The Morgan fingerprint density at radius 3 is 1.91 bits per heavy atom. The Bertz CT molecular complexity index is 3520. The predicted octanol–water partition coefficient (Wildman–Crippen LogP) is 15.3. The first-order valence-electron chi connectivity index (χ1n) is 19.5. The molecule has 0 aliphatic heterocycles. The first kappa shape index (κ1) is 31.7. The largest absolute Gasteiger partial charge is 0.455 e. The van der Waals surface area contributed by atoms with E-state index in [1.807, 2.05) is 0 Å². The van der Waals surface area contributed by atoms with Crippen molar-refractivity contribution in [2.24, 2.45) is 0 Å². The van der Waals surface area contributed by atoms with Crippen LogP contribution in [0.1, 0.15) is 0 Å². The molecule has 0 unspecified atom stereocenters. The van der Waals surface area contributed by atoms with E-state index in [1.165, 1.54) is 48.7 Å². The molecule has 0 N–H and O–H groups in total. The van der Waals surface area contributed by atoms with E-state index >= 15 is 0 Å². The summed E-state index contributed by atoms with van der Waals surface area (Å²) in [5.74, 6) is 0. The van der Waals surface area contributed by atoms with E-state index in [0.717, 1.165) is 61.2 Å². The molecule has 2 heterocycles. The molecule has 0 spiro atoms. The van der Waals surface area contributed by atoms with Crippen LogP contribution < -0.4 is 4.90 Å². The SMILES string of the molecule is c1ccc(N(c2ccc3c(ccc4oc5c(-c6ccc7c(c6)c6ccccc6n7-c6ccccc6)cccc5c43)c2)c2ccc3ccc4ccccc4c3c2)cc1. The van der Waals surface area contributed by atoms with Gasteiger partial charge in [-0.2, -0.15) is 0 Å². The van der Waals surface area contributed by atoms with E-state index in [0.29, 0.717) is 0 Å². The highest BCUT2D eigenvalue weighted by Gasteiger charge is 2.19. The van der Waals surface area contributed by atoms with Crippen molar-refractivity contribution in [2.45, 2.75) is 0 Å². The fourth-order valence-corrected chi connectivity index (χ4v) is 9.13. The third kappa shape index (κ3) is 4.92. The molecule has 0 amide bonds. The summed E-state index contributed by atoms with van der Waals surface area (Å²) in [6.45, 7) is 0. The number of aromatic nitrogens is 1. The van der Waals surface area contributed by atoms with Crippen LogP contribution in [-0.4, -0.2) is 4.57 Å². The lowest BCUT2D eigenvalue weighted by Gasteiger charge is -2.26. The molecule has 0 saturated heterocycles. The minimum absolute atomic E-state index is 0.890. The third-order valence-corrected chi connectivity index (χ3v) is 11.7. The van der Waals surface area contributed by atoms with Crippen LogP contribution in [-0.2, 0) is 0 Å². The minimum atomic E-state index is 0.890. The number of furan rings is 1. The van der Waals surface area contributed by atoms with Crippen LogP contribution in [0.15, 0.2) is 211 Å². The Hall–Kier alpha value is -7.62. The summed E-state index contributed by atoms with van der Waals surface area (Å²) in [7, 11) is 0. The summed E-state index contributed by atoms with van der Waals surface area (Å²) in [6.07, 6.45) is 0. The van der Waals surface area contributed by atoms with Crippen LogP contribution in [0.2, 0.25) is 0 Å². The van der Waals surface area contributed by atoms with Crippen molar-refractivity contribution in [1.29, 1.82) is 0 Å². The molecule has 2 aromatic heterocycles. The topological polar surface area (TPSA) is 21.3 Å². The smallest absolute Gasteiger partial charge is 0.143 e. The van der Waals surface area contributed by atoms with Crippen LogP contribution in [0.4, 0.5) is 17.1 Å². The van der Waals surface area contributed by atoms with Crippen molar-refractivity contribution in [3.63, 3.8) is 0 Å². The average Bonchev–Trinajstić information content (AvgIpc) is 3.83. The average molecular weight is 727 g/mol. The van der Waals surface area contributed by atoms with Gasteiger partial charge in [-0.3, -0.25) is 0 Å². The lowest BCUT2D eigenvalue weighted by atomic mass is 9.98. The summed E-state index contributed by atoms with van der Waals surface area (Å²) in [4.78, 5) is 2.36. The molecule has 0 radical (unpaired) electrons. The first-order valence-corrected chi connectivity index (χ1v) is 19.5. The number of benzene rings is 10. The van der Waals surface area contributed by atoms with Gasteiger partial charge in [-0.1, -0.05) is 133 Å². The van der Waals surface area contributed by atoms with Gasteiger partial charge in [0.05, 0.1) is 11.0 Å². The van der Waals surface area contributed by atoms with E-state index < -0.39 is 0 Å². The number of para-hydroxylation sites is 4. The van der Waals surface area contributed by atoms with E-state index in [2.05, 4.69) is 216 Å². The van der Waals surface area contributed by atoms with E-state index in [4.69, 9.17) is 4.42 Å². The van der Waals surface area contributed by atoms with Crippen LogP contribution in [0.3, 0.4) is 0 Å². The molecule has 12 rings (SSSR count). The Balaban J connectivity index is 1.01. The van der Waals surface area contributed by atoms with Gasteiger partial charge in [0, 0.05) is 49.9 Å². The number of hydrogen-bond donors (Lipinski definition) is 0. The number of nitrogens with zero attached hydrogens (tertiary/aromatic N) is 2. The summed E-state index contributed by atoms with van der Waals surface area (Å²) in [5.41, 5.74) is 10.9. The van der Waals surface area contributed by atoms with Crippen LogP contribution >= 0.6 is 0 Å². The molecule has 0 saturated carbocycles. The number of rotatable bonds is 5. The van der Waals surface area contributed by atoms with E-state index in [-0.39, 0.29) is 0 Å². The zero-order chi connectivity index (χ0) is 37.5. The van der Waals surface area contributed by atoms with Crippen molar-refractivity contribution in [2.75, 3.05) is 4.90 Å². The maximum absolute atomic E-state index is 6.80. The van der Waals surface area contributed by atoms with Crippen LogP contribution in [0, 0.1) is 0 Å². The number of fused-ring (bicyclic) bond motifs is 11. The van der Waals surface area contributed by atoms with Gasteiger partial charge >= 0.3 is 0 Å².